The van der Waals surface area contributed by atoms with E-state index >= 15 is 0 Å². The van der Waals surface area contributed by atoms with Crippen molar-refractivity contribution in [1.29, 1.82) is 0 Å². The first-order valence-corrected chi connectivity index (χ1v) is 6.93. The van der Waals surface area contributed by atoms with Crippen molar-refractivity contribution in [2.24, 2.45) is 0 Å². The van der Waals surface area contributed by atoms with Crippen LogP contribution in [0.25, 0.3) is 0 Å². The molecule has 92 valence electrons. The molecule has 1 aromatic heterocycles. The van der Waals surface area contributed by atoms with Crippen molar-refractivity contribution >= 4 is 17.7 Å². The quantitative estimate of drug-likeness (QED) is 0.761. The summed E-state index contributed by atoms with van der Waals surface area (Å²) in [6.45, 7) is 0. The largest absolute Gasteiger partial charge is 0.407 e. The summed E-state index contributed by atoms with van der Waals surface area (Å²) in [6, 6.07) is 1.17. The predicted octanol–water partition coefficient (Wildman–Crippen LogP) is 0.414. The first-order valence-electron chi connectivity index (χ1n) is 5.70. The zero-order valence-corrected chi connectivity index (χ0v) is 10.3. The molecule has 2 fully saturated rings. The third-order valence-corrected chi connectivity index (χ3v) is 3.91. The van der Waals surface area contributed by atoms with Crippen LogP contribution in [-0.4, -0.2) is 40.5 Å². The van der Waals surface area contributed by atoms with E-state index < -0.39 is 0 Å². The molecule has 2 N–H and O–H groups in total. The molecule has 3 heterocycles. The van der Waals surface area contributed by atoms with Gasteiger partial charge in [0.15, 0.2) is 0 Å². The van der Waals surface area contributed by atoms with Crippen LogP contribution >= 0.6 is 11.8 Å². The van der Waals surface area contributed by atoms with Crippen molar-refractivity contribution in [1.82, 2.24) is 20.8 Å². The van der Waals surface area contributed by atoms with Crippen LogP contribution in [0.4, 0.5) is 0 Å². The molecule has 1 aromatic rings. The molecule has 0 aromatic carbocycles. The Morgan fingerprint density at radius 1 is 1.53 bits per heavy atom. The lowest BCUT2D eigenvalue weighted by Crippen LogP contribution is -2.43. The van der Waals surface area contributed by atoms with Gasteiger partial charge in [-0.15, -0.1) is 10.2 Å². The Balaban J connectivity index is 1.63. The molecule has 2 aliphatic heterocycles. The van der Waals surface area contributed by atoms with Gasteiger partial charge in [-0.3, -0.25) is 4.79 Å². The first kappa shape index (κ1) is 11.0. The molecular weight excluding hydrogens is 240 g/mol. The lowest BCUT2D eigenvalue weighted by Gasteiger charge is -2.20. The average Bonchev–Trinajstić information content (AvgIpc) is 3.04. The number of fused-ring (bicyclic) bond motifs is 2. The molecule has 0 aliphatic carbocycles. The molecule has 3 rings (SSSR count). The Hall–Kier alpha value is -1.08. The Kier molecular flexibility index (Phi) is 2.79. The van der Waals surface area contributed by atoms with Crippen LogP contribution in [0.15, 0.2) is 9.64 Å². The molecule has 0 radical (unpaired) electrons. The molecule has 2 saturated heterocycles. The topological polar surface area (TPSA) is 80.0 Å². The molecular formula is C10H14N4O2S. The maximum absolute atomic E-state index is 11.9. The Morgan fingerprint density at radius 2 is 2.41 bits per heavy atom. The van der Waals surface area contributed by atoms with Gasteiger partial charge in [0.2, 0.25) is 0 Å². The monoisotopic (exact) mass is 254 g/mol. The second-order valence-corrected chi connectivity index (χ2v) is 5.20. The molecule has 0 unspecified atom stereocenters. The number of amides is 1. The van der Waals surface area contributed by atoms with Gasteiger partial charge in [-0.2, -0.15) is 0 Å². The molecule has 0 saturated carbocycles. The molecule has 3 atom stereocenters. The smallest absolute Gasteiger partial charge is 0.309 e. The fourth-order valence-corrected chi connectivity index (χ4v) is 2.88. The fraction of sp³-hybridized carbons (Fsp3) is 0.700. The number of thioether (sulfide) groups is 1. The molecule has 0 spiro atoms. The predicted molar refractivity (Wildman–Crippen MR) is 61.9 cm³/mol. The van der Waals surface area contributed by atoms with Crippen molar-refractivity contribution < 1.29 is 9.21 Å². The SMILES string of the molecule is CSc1nnc(C(=O)N[C@@H]2C[C@H]3CC[C@@H]2N3)o1. The third-order valence-electron chi connectivity index (χ3n) is 3.39. The molecule has 2 bridgehead atoms. The minimum absolute atomic E-state index is 0.0529. The van der Waals surface area contributed by atoms with Crippen LogP contribution in [-0.2, 0) is 0 Å². The second-order valence-electron chi connectivity index (χ2n) is 4.44. The van der Waals surface area contributed by atoms with Crippen molar-refractivity contribution in [2.45, 2.75) is 42.6 Å². The number of rotatable bonds is 3. The maximum Gasteiger partial charge on any atom is 0.309 e. The number of nitrogens with one attached hydrogen (secondary N) is 2. The zero-order chi connectivity index (χ0) is 11.8. The highest BCUT2D eigenvalue weighted by Gasteiger charge is 2.40. The van der Waals surface area contributed by atoms with E-state index in [9.17, 15) is 4.79 Å². The Bertz CT molecular complexity index is 436. The number of aromatic nitrogens is 2. The van der Waals surface area contributed by atoms with Crippen LogP contribution in [0.1, 0.15) is 29.9 Å². The highest BCUT2D eigenvalue weighted by atomic mass is 32.2. The number of hydrogen-bond acceptors (Lipinski definition) is 6. The minimum Gasteiger partial charge on any atom is -0.407 e. The summed E-state index contributed by atoms with van der Waals surface area (Å²) in [7, 11) is 0. The van der Waals surface area contributed by atoms with E-state index in [-0.39, 0.29) is 17.8 Å². The van der Waals surface area contributed by atoms with E-state index in [1.807, 2.05) is 6.26 Å². The van der Waals surface area contributed by atoms with Gasteiger partial charge in [0, 0.05) is 18.1 Å². The summed E-state index contributed by atoms with van der Waals surface area (Å²) in [5.41, 5.74) is 0. The maximum atomic E-state index is 11.9. The summed E-state index contributed by atoms with van der Waals surface area (Å²) in [4.78, 5) is 11.9. The van der Waals surface area contributed by atoms with Gasteiger partial charge in [0.1, 0.15) is 0 Å². The third kappa shape index (κ3) is 2.04. The van der Waals surface area contributed by atoms with E-state index in [0.717, 1.165) is 12.8 Å². The number of nitrogens with zero attached hydrogens (tertiary/aromatic N) is 2. The lowest BCUT2D eigenvalue weighted by molar-refractivity contribution is 0.0890. The van der Waals surface area contributed by atoms with Crippen LogP contribution in [0.5, 0.6) is 0 Å². The molecule has 7 heteroatoms. The van der Waals surface area contributed by atoms with E-state index in [4.69, 9.17) is 4.42 Å². The molecule has 17 heavy (non-hydrogen) atoms. The van der Waals surface area contributed by atoms with Gasteiger partial charge in [-0.1, -0.05) is 11.8 Å². The van der Waals surface area contributed by atoms with Crippen molar-refractivity contribution in [2.75, 3.05) is 6.26 Å². The minimum atomic E-state index is -0.267. The standard InChI is InChI=1S/C10H14N4O2S/c1-17-10-14-13-9(16-10)8(15)12-7-4-5-2-3-6(7)11-5/h5-7,11H,2-4H2,1H3,(H,12,15)/t5-,6+,7-/m1/s1. The van der Waals surface area contributed by atoms with Crippen molar-refractivity contribution in [3.63, 3.8) is 0 Å². The molecule has 2 aliphatic rings. The van der Waals surface area contributed by atoms with Gasteiger partial charge in [0.25, 0.3) is 5.22 Å². The number of carbonyl (C=O) groups is 1. The van der Waals surface area contributed by atoms with Crippen LogP contribution in [0, 0.1) is 0 Å². The highest BCUT2D eigenvalue weighted by molar-refractivity contribution is 7.98. The summed E-state index contributed by atoms with van der Waals surface area (Å²) in [6.07, 6.45) is 5.18. The Morgan fingerprint density at radius 3 is 3.00 bits per heavy atom. The fourth-order valence-electron chi connectivity index (χ4n) is 2.60. The van der Waals surface area contributed by atoms with Gasteiger partial charge < -0.3 is 15.1 Å². The van der Waals surface area contributed by atoms with Crippen molar-refractivity contribution in [3.8, 4) is 0 Å². The van der Waals surface area contributed by atoms with Crippen LogP contribution in [0.2, 0.25) is 0 Å². The zero-order valence-electron chi connectivity index (χ0n) is 9.47. The van der Waals surface area contributed by atoms with Gasteiger partial charge in [-0.25, -0.2) is 0 Å². The summed E-state index contributed by atoms with van der Waals surface area (Å²) < 4.78 is 5.19. The lowest BCUT2D eigenvalue weighted by atomic mass is 9.95. The highest BCUT2D eigenvalue weighted by Crippen LogP contribution is 2.28. The second kappa shape index (κ2) is 4.30. The summed E-state index contributed by atoms with van der Waals surface area (Å²) in [5.74, 6) is -0.214. The normalized spacial score (nSPS) is 30.8. The average molecular weight is 254 g/mol. The van der Waals surface area contributed by atoms with Gasteiger partial charge in [0.05, 0.1) is 0 Å². The van der Waals surface area contributed by atoms with E-state index in [1.165, 1.54) is 18.2 Å². The number of hydrogen-bond donors (Lipinski definition) is 2. The van der Waals surface area contributed by atoms with E-state index in [1.54, 1.807) is 0 Å². The summed E-state index contributed by atoms with van der Waals surface area (Å²) in [5, 5.41) is 14.3. The van der Waals surface area contributed by atoms with E-state index in [2.05, 4.69) is 20.8 Å². The van der Waals surface area contributed by atoms with Crippen LogP contribution < -0.4 is 10.6 Å². The molecule has 1 amide bonds. The first-order chi connectivity index (χ1) is 8.26. The molecule has 6 nitrogen and oxygen atoms in total. The number of carbonyl (C=O) groups excluding carboxylic acids is 1. The Labute approximate surface area is 103 Å². The summed E-state index contributed by atoms with van der Waals surface area (Å²) >= 11 is 1.33. The van der Waals surface area contributed by atoms with E-state index in [0.29, 0.717) is 17.3 Å². The van der Waals surface area contributed by atoms with Gasteiger partial charge in [-0.05, 0) is 25.5 Å². The van der Waals surface area contributed by atoms with Gasteiger partial charge >= 0.3 is 11.8 Å². The van der Waals surface area contributed by atoms with Crippen LogP contribution in [0.3, 0.4) is 0 Å². The van der Waals surface area contributed by atoms with Crippen molar-refractivity contribution in [3.05, 3.63) is 5.89 Å².